The Morgan fingerprint density at radius 2 is 2.24 bits per heavy atom. The van der Waals surface area contributed by atoms with Gasteiger partial charge in [-0.05, 0) is 18.8 Å². The van der Waals surface area contributed by atoms with Gasteiger partial charge in [-0.1, -0.05) is 12.2 Å². The summed E-state index contributed by atoms with van der Waals surface area (Å²) in [4.78, 5) is 35.3. The molecule has 0 spiro atoms. The fourth-order valence-corrected chi connectivity index (χ4v) is 3.39. The molecular weight excluding hydrogens is 224 g/mol. The largest absolute Gasteiger partial charge is 0.468 e. The predicted molar refractivity (Wildman–Crippen MR) is 54.4 cm³/mol. The summed E-state index contributed by atoms with van der Waals surface area (Å²) in [7, 11) is 1.29. The molecule has 0 N–H and O–H groups in total. The van der Waals surface area contributed by atoms with Crippen LogP contribution >= 0.6 is 0 Å². The normalized spacial score (nSPS) is 42.3. The van der Waals surface area contributed by atoms with Crippen LogP contribution in [0.2, 0.25) is 0 Å². The van der Waals surface area contributed by atoms with E-state index < -0.39 is 35.2 Å². The van der Waals surface area contributed by atoms with Gasteiger partial charge in [-0.15, -0.1) is 0 Å². The van der Waals surface area contributed by atoms with E-state index in [1.165, 1.54) is 7.11 Å². The minimum absolute atomic E-state index is 0.0190. The number of cyclic esters (lactones) is 2. The second-order valence-corrected chi connectivity index (χ2v) is 4.84. The molecule has 2 bridgehead atoms. The van der Waals surface area contributed by atoms with Crippen LogP contribution in [-0.4, -0.2) is 25.0 Å². The number of carbonyl (C=O) groups is 3. The lowest BCUT2D eigenvalue weighted by Gasteiger charge is -2.44. The highest BCUT2D eigenvalue weighted by Gasteiger charge is 2.65. The van der Waals surface area contributed by atoms with Crippen LogP contribution in [0.3, 0.4) is 0 Å². The molecule has 0 aromatic heterocycles. The van der Waals surface area contributed by atoms with Gasteiger partial charge in [-0.2, -0.15) is 0 Å². The molecule has 5 heteroatoms. The van der Waals surface area contributed by atoms with Gasteiger partial charge < -0.3 is 9.47 Å². The lowest BCUT2D eigenvalue weighted by Crippen LogP contribution is -2.51. The van der Waals surface area contributed by atoms with E-state index in [1.54, 1.807) is 6.08 Å². The van der Waals surface area contributed by atoms with Gasteiger partial charge in [-0.25, -0.2) is 0 Å². The summed E-state index contributed by atoms with van der Waals surface area (Å²) in [5, 5.41) is 0. The zero-order valence-electron chi connectivity index (χ0n) is 9.34. The lowest BCUT2D eigenvalue weighted by molar-refractivity contribution is -0.163. The summed E-state index contributed by atoms with van der Waals surface area (Å²) < 4.78 is 9.47. The second kappa shape index (κ2) is 3.18. The number of methoxy groups -OCH3 is 1. The average Bonchev–Trinajstić information content (AvgIpc) is 2.68. The molecule has 17 heavy (non-hydrogen) atoms. The van der Waals surface area contributed by atoms with Gasteiger partial charge in [0.15, 0.2) is 0 Å². The molecule has 0 radical (unpaired) electrons. The van der Waals surface area contributed by atoms with E-state index in [9.17, 15) is 14.4 Å². The molecule has 5 nitrogen and oxygen atoms in total. The van der Waals surface area contributed by atoms with Gasteiger partial charge in [0, 0.05) is 0 Å². The molecule has 0 amide bonds. The summed E-state index contributed by atoms with van der Waals surface area (Å²) in [5.74, 6) is -2.70. The zero-order chi connectivity index (χ0) is 12.2. The second-order valence-electron chi connectivity index (χ2n) is 4.84. The fourth-order valence-electron chi connectivity index (χ4n) is 3.39. The molecule has 0 unspecified atom stereocenters. The minimum Gasteiger partial charge on any atom is -0.468 e. The zero-order valence-corrected chi connectivity index (χ0v) is 9.34. The highest BCUT2D eigenvalue weighted by atomic mass is 16.6. The third kappa shape index (κ3) is 1.11. The molecule has 4 rings (SSSR count). The van der Waals surface area contributed by atoms with Crippen LogP contribution in [-0.2, 0) is 23.9 Å². The summed E-state index contributed by atoms with van der Waals surface area (Å²) in [6.07, 6.45) is 4.84. The first-order chi connectivity index (χ1) is 8.10. The predicted octanol–water partition coefficient (Wildman–Crippen LogP) is 0.441. The molecule has 4 aliphatic rings. The van der Waals surface area contributed by atoms with Gasteiger partial charge in [0.2, 0.25) is 0 Å². The number of ether oxygens (including phenoxy) is 2. The number of esters is 3. The highest BCUT2D eigenvalue weighted by molar-refractivity contribution is 6.01. The molecule has 1 heterocycles. The lowest BCUT2D eigenvalue weighted by atomic mass is 9.55. The van der Waals surface area contributed by atoms with Gasteiger partial charge in [-0.3, -0.25) is 14.4 Å². The van der Waals surface area contributed by atoms with Crippen molar-refractivity contribution >= 4 is 17.9 Å². The maximum absolute atomic E-state index is 11.9. The van der Waals surface area contributed by atoms with E-state index in [4.69, 9.17) is 4.74 Å². The van der Waals surface area contributed by atoms with Crippen molar-refractivity contribution in [3.05, 3.63) is 12.2 Å². The van der Waals surface area contributed by atoms with Crippen molar-refractivity contribution in [2.75, 3.05) is 7.11 Å². The molecule has 1 saturated heterocycles. The van der Waals surface area contributed by atoms with Crippen molar-refractivity contribution < 1.29 is 23.9 Å². The van der Waals surface area contributed by atoms with Crippen molar-refractivity contribution in [3.63, 3.8) is 0 Å². The number of allylic oxidation sites excluding steroid dienone is 1. The number of hydrogen-bond acceptors (Lipinski definition) is 5. The third-order valence-corrected chi connectivity index (χ3v) is 4.20. The average molecular weight is 236 g/mol. The van der Waals surface area contributed by atoms with Gasteiger partial charge >= 0.3 is 17.9 Å². The first kappa shape index (κ1) is 10.5. The molecule has 90 valence electrons. The molecule has 1 aliphatic heterocycles. The summed E-state index contributed by atoms with van der Waals surface area (Å²) in [5.41, 5.74) is -0.989. The Morgan fingerprint density at radius 1 is 1.47 bits per heavy atom. The number of fused-ring (bicyclic) bond motifs is 1. The first-order valence-corrected chi connectivity index (χ1v) is 5.63. The molecule has 1 saturated carbocycles. The Morgan fingerprint density at radius 3 is 2.82 bits per heavy atom. The van der Waals surface area contributed by atoms with Crippen LogP contribution in [0.15, 0.2) is 12.2 Å². The number of rotatable bonds is 1. The van der Waals surface area contributed by atoms with Gasteiger partial charge in [0.1, 0.15) is 5.41 Å². The molecule has 3 aliphatic carbocycles. The van der Waals surface area contributed by atoms with Crippen LogP contribution in [0, 0.1) is 23.2 Å². The van der Waals surface area contributed by atoms with Crippen molar-refractivity contribution in [2.45, 2.75) is 12.8 Å². The molecule has 0 aromatic rings. The van der Waals surface area contributed by atoms with Crippen LogP contribution in [0.25, 0.3) is 0 Å². The van der Waals surface area contributed by atoms with Crippen molar-refractivity contribution in [1.29, 1.82) is 0 Å². The summed E-state index contributed by atoms with van der Waals surface area (Å²) in [6, 6.07) is 0. The topological polar surface area (TPSA) is 69.7 Å². The van der Waals surface area contributed by atoms with Crippen LogP contribution in [0.4, 0.5) is 0 Å². The van der Waals surface area contributed by atoms with E-state index >= 15 is 0 Å². The Balaban J connectivity index is 2.12. The van der Waals surface area contributed by atoms with E-state index in [-0.39, 0.29) is 5.92 Å². The van der Waals surface area contributed by atoms with Gasteiger partial charge in [0.05, 0.1) is 18.9 Å². The Hall–Kier alpha value is -1.65. The summed E-state index contributed by atoms with van der Waals surface area (Å²) >= 11 is 0. The highest BCUT2D eigenvalue weighted by Crippen LogP contribution is 2.56. The third-order valence-electron chi connectivity index (χ3n) is 4.20. The monoisotopic (exact) mass is 236 g/mol. The number of carbonyl (C=O) groups excluding carboxylic acids is 3. The Bertz CT molecular complexity index is 452. The first-order valence-electron chi connectivity index (χ1n) is 5.63. The molecule has 4 atom stereocenters. The van der Waals surface area contributed by atoms with E-state index in [1.807, 2.05) is 6.08 Å². The standard InChI is InChI=1S/C12H12O5/c1-16-11(15)12-4-2-6(3-5-12)7-8(12)10(14)17-9(7)13/h2,4,6-8H,3,5H2,1H3/t6-,7-,8+,12-/m1/s1. The Labute approximate surface area is 97.8 Å². The SMILES string of the molecule is COC(=O)[C@]12C=C[C@H](CC1)[C@H]1C(=O)OC(=O)[C@H]12. The maximum Gasteiger partial charge on any atom is 0.318 e. The van der Waals surface area contributed by atoms with E-state index in [0.717, 1.165) is 6.42 Å². The maximum atomic E-state index is 11.9. The number of hydrogen-bond donors (Lipinski definition) is 0. The smallest absolute Gasteiger partial charge is 0.318 e. The summed E-state index contributed by atoms with van der Waals surface area (Å²) in [6.45, 7) is 0. The van der Waals surface area contributed by atoms with E-state index in [2.05, 4.69) is 4.74 Å². The molecule has 0 aromatic carbocycles. The Kier molecular flexibility index (Phi) is 1.97. The van der Waals surface area contributed by atoms with Crippen LogP contribution in [0.5, 0.6) is 0 Å². The molecular formula is C12H12O5. The van der Waals surface area contributed by atoms with Gasteiger partial charge in [0.25, 0.3) is 0 Å². The minimum atomic E-state index is -0.989. The van der Waals surface area contributed by atoms with E-state index in [0.29, 0.717) is 6.42 Å². The van der Waals surface area contributed by atoms with Crippen molar-refractivity contribution in [3.8, 4) is 0 Å². The molecule has 2 fully saturated rings. The van der Waals surface area contributed by atoms with Crippen LogP contribution < -0.4 is 0 Å². The quantitative estimate of drug-likeness (QED) is 0.375. The van der Waals surface area contributed by atoms with Crippen LogP contribution in [0.1, 0.15) is 12.8 Å². The van der Waals surface area contributed by atoms with Crippen molar-refractivity contribution in [1.82, 2.24) is 0 Å². The van der Waals surface area contributed by atoms with Crippen molar-refractivity contribution in [2.24, 2.45) is 23.2 Å². The fraction of sp³-hybridized carbons (Fsp3) is 0.583.